The van der Waals surface area contributed by atoms with Crippen LogP contribution >= 0.6 is 0 Å². The molecule has 1 aromatic carbocycles. The fourth-order valence-electron chi connectivity index (χ4n) is 1.57. The molecular formula is C13H15NO2. The fraction of sp³-hybridized carbons (Fsp3) is 0.385. The van der Waals surface area contributed by atoms with Gasteiger partial charge in [-0.3, -0.25) is 4.79 Å². The van der Waals surface area contributed by atoms with Gasteiger partial charge in [-0.05, 0) is 36.1 Å². The van der Waals surface area contributed by atoms with E-state index in [4.69, 9.17) is 5.26 Å². The third-order valence-corrected chi connectivity index (χ3v) is 2.67. The second-order valence-corrected chi connectivity index (χ2v) is 3.65. The molecule has 1 aromatic rings. The number of aryl methyl sites for hydroxylation is 1. The van der Waals surface area contributed by atoms with Crippen molar-refractivity contribution >= 4 is 5.97 Å². The monoisotopic (exact) mass is 217 g/mol. The molecule has 84 valence electrons. The first-order valence-corrected chi connectivity index (χ1v) is 5.21. The summed E-state index contributed by atoms with van der Waals surface area (Å²) in [5, 5.41) is 8.99. The molecule has 0 saturated carbocycles. The van der Waals surface area contributed by atoms with E-state index in [9.17, 15) is 4.79 Å². The molecule has 0 aliphatic carbocycles. The van der Waals surface area contributed by atoms with Gasteiger partial charge >= 0.3 is 5.97 Å². The topological polar surface area (TPSA) is 50.1 Å². The van der Waals surface area contributed by atoms with Gasteiger partial charge in [-0.2, -0.15) is 5.26 Å². The van der Waals surface area contributed by atoms with E-state index >= 15 is 0 Å². The molecule has 3 nitrogen and oxygen atoms in total. The molecule has 0 aromatic heterocycles. The van der Waals surface area contributed by atoms with Crippen LogP contribution < -0.4 is 0 Å². The Hall–Kier alpha value is -1.82. The molecule has 1 rings (SSSR count). The first kappa shape index (κ1) is 12.3. The van der Waals surface area contributed by atoms with Crippen molar-refractivity contribution in [3.05, 3.63) is 34.4 Å². The maximum Gasteiger partial charge on any atom is 0.309 e. The van der Waals surface area contributed by atoms with Crippen molar-refractivity contribution < 1.29 is 9.53 Å². The lowest BCUT2D eigenvalue weighted by Crippen LogP contribution is -2.07. The first-order valence-electron chi connectivity index (χ1n) is 5.21. The quantitative estimate of drug-likeness (QED) is 0.729. The number of hydrogen-bond donors (Lipinski definition) is 0. The molecule has 0 aliphatic heterocycles. The summed E-state index contributed by atoms with van der Waals surface area (Å²) in [5.74, 6) is -0.278. The van der Waals surface area contributed by atoms with Crippen molar-refractivity contribution in [1.82, 2.24) is 0 Å². The minimum absolute atomic E-state index is 0.227. The van der Waals surface area contributed by atoms with E-state index in [0.29, 0.717) is 5.56 Å². The number of rotatable bonds is 3. The Kier molecular flexibility index (Phi) is 4.07. The highest BCUT2D eigenvalue weighted by molar-refractivity contribution is 5.73. The zero-order chi connectivity index (χ0) is 12.1. The van der Waals surface area contributed by atoms with Crippen molar-refractivity contribution in [2.24, 2.45) is 0 Å². The maximum absolute atomic E-state index is 11.2. The summed E-state index contributed by atoms with van der Waals surface area (Å²) >= 11 is 0. The Bertz CT molecular complexity index is 444. The number of nitriles is 1. The third-order valence-electron chi connectivity index (χ3n) is 2.67. The summed E-state index contributed by atoms with van der Waals surface area (Å²) < 4.78 is 4.63. The van der Waals surface area contributed by atoms with Gasteiger partial charge in [0, 0.05) is 0 Å². The average Bonchev–Trinajstić information content (AvgIpc) is 2.31. The normalized spacial score (nSPS) is 9.62. The van der Waals surface area contributed by atoms with Gasteiger partial charge in [-0.15, -0.1) is 0 Å². The lowest BCUT2D eigenvalue weighted by atomic mass is 9.96. The summed E-state index contributed by atoms with van der Waals surface area (Å²) in [6, 6.07) is 5.99. The predicted octanol–water partition coefficient (Wildman–Crippen LogP) is 2.14. The van der Waals surface area contributed by atoms with Crippen molar-refractivity contribution in [3.8, 4) is 6.07 Å². The van der Waals surface area contributed by atoms with Gasteiger partial charge in [0.05, 0.1) is 25.2 Å². The predicted molar refractivity (Wildman–Crippen MR) is 61.0 cm³/mol. The maximum atomic E-state index is 11.2. The summed E-state index contributed by atoms with van der Waals surface area (Å²) in [6.07, 6.45) is 1.08. The Morgan fingerprint density at radius 3 is 2.69 bits per heavy atom. The number of hydrogen-bond acceptors (Lipinski definition) is 3. The van der Waals surface area contributed by atoms with E-state index in [0.717, 1.165) is 23.1 Å². The van der Waals surface area contributed by atoms with Crippen LogP contribution in [0.2, 0.25) is 0 Å². The van der Waals surface area contributed by atoms with E-state index in [1.165, 1.54) is 7.11 Å². The highest BCUT2D eigenvalue weighted by Crippen LogP contribution is 2.18. The number of ether oxygens (including phenoxy) is 1. The fourth-order valence-corrected chi connectivity index (χ4v) is 1.57. The van der Waals surface area contributed by atoms with Gasteiger partial charge in [0.15, 0.2) is 0 Å². The van der Waals surface area contributed by atoms with Gasteiger partial charge in [0.2, 0.25) is 0 Å². The number of methoxy groups -OCH3 is 1. The van der Waals surface area contributed by atoms with Crippen LogP contribution in [0.15, 0.2) is 12.1 Å². The zero-order valence-corrected chi connectivity index (χ0v) is 9.83. The molecule has 0 amide bonds. The number of nitrogens with zero attached hydrogens (tertiary/aromatic N) is 1. The highest BCUT2D eigenvalue weighted by atomic mass is 16.5. The number of benzene rings is 1. The number of esters is 1. The van der Waals surface area contributed by atoms with Crippen LogP contribution in [0, 0.1) is 18.3 Å². The Morgan fingerprint density at radius 1 is 1.50 bits per heavy atom. The molecule has 0 radical (unpaired) electrons. The van der Waals surface area contributed by atoms with Gasteiger partial charge in [-0.25, -0.2) is 0 Å². The second-order valence-electron chi connectivity index (χ2n) is 3.65. The van der Waals surface area contributed by atoms with Crippen molar-refractivity contribution in [2.75, 3.05) is 7.11 Å². The Morgan fingerprint density at radius 2 is 2.19 bits per heavy atom. The smallest absolute Gasteiger partial charge is 0.309 e. The summed E-state index contributed by atoms with van der Waals surface area (Å²) in [6.45, 7) is 3.88. The Labute approximate surface area is 95.7 Å². The summed E-state index contributed by atoms with van der Waals surface area (Å²) in [7, 11) is 1.37. The van der Waals surface area contributed by atoms with Crippen LogP contribution in [0.25, 0.3) is 0 Å². The van der Waals surface area contributed by atoms with Crippen LogP contribution in [0.1, 0.15) is 29.2 Å². The molecular weight excluding hydrogens is 202 g/mol. The van der Waals surface area contributed by atoms with E-state index < -0.39 is 0 Å². The highest BCUT2D eigenvalue weighted by Gasteiger charge is 2.10. The van der Waals surface area contributed by atoms with Crippen LogP contribution in [-0.2, 0) is 22.4 Å². The molecule has 0 bridgehead atoms. The van der Waals surface area contributed by atoms with Crippen molar-refractivity contribution in [1.29, 1.82) is 5.26 Å². The number of carbonyl (C=O) groups is 1. The lowest BCUT2D eigenvalue weighted by molar-refractivity contribution is -0.139. The number of carbonyl (C=O) groups excluding carboxylic acids is 1. The van der Waals surface area contributed by atoms with Crippen molar-refractivity contribution in [3.63, 3.8) is 0 Å². The molecule has 0 spiro atoms. The molecule has 0 fully saturated rings. The van der Waals surface area contributed by atoms with Gasteiger partial charge in [-0.1, -0.05) is 13.0 Å². The molecule has 16 heavy (non-hydrogen) atoms. The largest absolute Gasteiger partial charge is 0.469 e. The van der Waals surface area contributed by atoms with Crippen LogP contribution in [-0.4, -0.2) is 13.1 Å². The molecule has 0 aliphatic rings. The first-order chi connectivity index (χ1) is 7.62. The van der Waals surface area contributed by atoms with Crippen LogP contribution in [0.3, 0.4) is 0 Å². The molecule has 0 N–H and O–H groups in total. The summed E-state index contributed by atoms with van der Waals surface area (Å²) in [4.78, 5) is 11.2. The van der Waals surface area contributed by atoms with Crippen molar-refractivity contribution in [2.45, 2.75) is 26.7 Å². The van der Waals surface area contributed by atoms with E-state index in [-0.39, 0.29) is 12.4 Å². The third kappa shape index (κ3) is 2.60. The molecule has 0 unspecified atom stereocenters. The van der Waals surface area contributed by atoms with Crippen LogP contribution in [0.4, 0.5) is 0 Å². The average molecular weight is 217 g/mol. The second kappa shape index (κ2) is 5.32. The SMILES string of the molecule is CCc1cc(C#N)c(C)c(CC(=O)OC)c1. The molecule has 0 saturated heterocycles. The van der Waals surface area contributed by atoms with E-state index in [2.05, 4.69) is 10.8 Å². The lowest BCUT2D eigenvalue weighted by Gasteiger charge is -2.09. The molecule has 3 heteroatoms. The minimum Gasteiger partial charge on any atom is -0.469 e. The van der Waals surface area contributed by atoms with Gasteiger partial charge < -0.3 is 4.74 Å². The van der Waals surface area contributed by atoms with Crippen LogP contribution in [0.5, 0.6) is 0 Å². The van der Waals surface area contributed by atoms with E-state index in [1.54, 1.807) is 0 Å². The zero-order valence-electron chi connectivity index (χ0n) is 9.83. The molecule has 0 atom stereocenters. The Balaban J connectivity index is 3.17. The summed E-state index contributed by atoms with van der Waals surface area (Å²) in [5.41, 5.74) is 3.45. The van der Waals surface area contributed by atoms with E-state index in [1.807, 2.05) is 26.0 Å². The van der Waals surface area contributed by atoms with Gasteiger partial charge in [0.25, 0.3) is 0 Å². The standard InChI is InChI=1S/C13H15NO2/c1-4-10-5-11(7-13(15)16-3)9(2)12(6-10)8-14/h5-6H,4,7H2,1-3H3. The minimum atomic E-state index is -0.278. The van der Waals surface area contributed by atoms with Gasteiger partial charge in [0.1, 0.15) is 0 Å². The molecule has 0 heterocycles.